The van der Waals surface area contributed by atoms with Crippen LogP contribution < -0.4 is 0 Å². The highest BCUT2D eigenvalue weighted by Gasteiger charge is 2.72. The summed E-state index contributed by atoms with van der Waals surface area (Å²) in [7, 11) is 0. The van der Waals surface area contributed by atoms with Crippen molar-refractivity contribution >= 4 is 0 Å². The Hall–Kier alpha value is -2.48. The summed E-state index contributed by atoms with van der Waals surface area (Å²) in [4.78, 5) is 23.6. The second-order valence-electron chi connectivity index (χ2n) is 16.5. The van der Waals surface area contributed by atoms with E-state index < -0.39 is 77.7 Å². The van der Waals surface area contributed by atoms with Crippen molar-refractivity contribution in [3.8, 4) is 0 Å². The molecule has 0 radical (unpaired) electrons. The molecule has 4 bridgehead atoms. The van der Waals surface area contributed by atoms with Crippen molar-refractivity contribution in [2.24, 2.45) is 35.5 Å². The lowest BCUT2D eigenvalue weighted by molar-refractivity contribution is -0.558. The molecule has 2 saturated carbocycles. The standard InChI is InChI=1S/C35H43F6N3O9/c1-17-5-7-24-20(26(34(36,37)38)46-28-32(24)22(17)9-11-30(3,48-28)50-52-32)14-44-19(13-42-43-44)15-45-16-21-25-8-6-18(2)23-10-12-31(4)49-29(33(23,25)53-51-31)47-27(21)35(39,40)41/h13,17-18,22-25,28-29H,5-12,14-16H2,1-4H3/t17-,18-,22+,23+,24+,25+,28-,29-,30?,31?,32-,33-/m1/s1. The summed E-state index contributed by atoms with van der Waals surface area (Å²) >= 11 is 0. The lowest BCUT2D eigenvalue weighted by atomic mass is 9.59. The topological polar surface area (TPSA) is 114 Å². The molecule has 0 amide bonds. The quantitative estimate of drug-likeness (QED) is 0.222. The Balaban J connectivity index is 1.01. The second-order valence-corrected chi connectivity index (χ2v) is 16.5. The number of aromatic nitrogens is 3. The number of fused-ring (bicyclic) bond motifs is 4. The molecule has 2 unspecified atom stereocenters. The minimum atomic E-state index is -4.87. The van der Waals surface area contributed by atoms with Crippen LogP contribution in [0, 0.1) is 35.5 Å². The molecule has 11 rings (SSSR count). The number of hydrogen-bond acceptors (Lipinski definition) is 11. The third-order valence-electron chi connectivity index (χ3n) is 13.4. The fourth-order valence-electron chi connectivity index (χ4n) is 10.8. The van der Waals surface area contributed by atoms with E-state index in [2.05, 4.69) is 10.3 Å². The number of rotatable bonds is 6. The van der Waals surface area contributed by atoms with Crippen LogP contribution in [-0.2, 0) is 56.4 Å². The van der Waals surface area contributed by atoms with E-state index in [-0.39, 0.29) is 53.7 Å². The van der Waals surface area contributed by atoms with Gasteiger partial charge >= 0.3 is 12.4 Å². The first-order valence-corrected chi connectivity index (χ1v) is 18.5. The lowest BCUT2D eigenvalue weighted by Crippen LogP contribution is -2.67. The number of alkyl halides is 6. The van der Waals surface area contributed by atoms with Crippen molar-refractivity contribution < 1.29 is 69.6 Å². The van der Waals surface area contributed by atoms with Crippen molar-refractivity contribution in [2.45, 2.75) is 140 Å². The summed E-state index contributed by atoms with van der Waals surface area (Å²) < 4.78 is 119. The predicted octanol–water partition coefficient (Wildman–Crippen LogP) is 6.92. The molecule has 2 aliphatic carbocycles. The summed E-state index contributed by atoms with van der Waals surface area (Å²) in [6.45, 7) is 6.14. The molecule has 0 N–H and O–H groups in total. The maximum atomic E-state index is 14.8. The van der Waals surface area contributed by atoms with Crippen LogP contribution in [0.5, 0.6) is 0 Å². The van der Waals surface area contributed by atoms with Crippen molar-refractivity contribution in [3.63, 3.8) is 0 Å². The van der Waals surface area contributed by atoms with Gasteiger partial charge in [-0.3, -0.25) is 0 Å². The molecule has 12 atom stereocenters. The average Bonchev–Trinajstić information content (AvgIpc) is 3.21. The summed E-state index contributed by atoms with van der Waals surface area (Å²) in [5, 5.41) is 8.01. The zero-order chi connectivity index (χ0) is 37.3. The maximum Gasteiger partial charge on any atom is 0.449 e. The molecule has 10 aliphatic rings. The SMILES string of the molecule is C[C@@H]1CC[C@H]2C(COCc3cnnn3CC3=C(C(F)(F)F)O[C@@H]4OC5(C)CC[C@H]6[C@H](C)CC[C@@H]3[C@@]46OO5)=C(C(F)(F)F)O[C@@H]3OC4(C)CC[C@@H]1[C@]32OO4. The van der Waals surface area contributed by atoms with Crippen LogP contribution in [0.2, 0.25) is 0 Å². The fourth-order valence-corrected chi connectivity index (χ4v) is 10.8. The number of nitrogens with zero attached hydrogens (tertiary/aromatic N) is 3. The van der Waals surface area contributed by atoms with Gasteiger partial charge in [-0.15, -0.1) is 5.10 Å². The highest BCUT2D eigenvalue weighted by molar-refractivity contribution is 5.30. The van der Waals surface area contributed by atoms with Gasteiger partial charge in [-0.05, 0) is 64.2 Å². The summed E-state index contributed by atoms with van der Waals surface area (Å²) in [6.07, 6.45) is -7.05. The zero-order valence-electron chi connectivity index (χ0n) is 29.8. The van der Waals surface area contributed by atoms with Gasteiger partial charge in [0.15, 0.2) is 11.2 Å². The van der Waals surface area contributed by atoms with E-state index in [4.69, 9.17) is 43.2 Å². The third kappa shape index (κ3) is 5.43. The molecule has 8 fully saturated rings. The van der Waals surface area contributed by atoms with Gasteiger partial charge in [0.2, 0.25) is 35.7 Å². The molecule has 12 nitrogen and oxygen atoms in total. The van der Waals surface area contributed by atoms with E-state index in [9.17, 15) is 26.3 Å². The summed E-state index contributed by atoms with van der Waals surface area (Å²) in [6, 6.07) is 0. The molecule has 8 aliphatic heterocycles. The highest BCUT2D eigenvalue weighted by atomic mass is 19.4. The van der Waals surface area contributed by atoms with Gasteiger partial charge in [0.1, 0.15) is 0 Å². The predicted molar refractivity (Wildman–Crippen MR) is 164 cm³/mol. The molecule has 9 heterocycles. The van der Waals surface area contributed by atoms with Crippen LogP contribution in [0.1, 0.15) is 84.8 Å². The molecular weight excluding hydrogens is 720 g/mol. The van der Waals surface area contributed by atoms with Gasteiger partial charge in [0.05, 0.1) is 31.6 Å². The Morgan fingerprint density at radius 2 is 1.23 bits per heavy atom. The Labute approximate surface area is 301 Å². The molecule has 53 heavy (non-hydrogen) atoms. The highest BCUT2D eigenvalue weighted by Crippen LogP contribution is 2.63. The molecule has 6 saturated heterocycles. The van der Waals surface area contributed by atoms with Gasteiger partial charge < -0.3 is 23.7 Å². The molecular formula is C35H43F6N3O9. The van der Waals surface area contributed by atoms with E-state index in [0.717, 1.165) is 0 Å². The molecule has 1 aromatic heterocycles. The third-order valence-corrected chi connectivity index (χ3v) is 13.4. The van der Waals surface area contributed by atoms with Crippen molar-refractivity contribution in [1.82, 2.24) is 15.0 Å². The van der Waals surface area contributed by atoms with E-state index in [1.54, 1.807) is 13.8 Å². The fraction of sp³-hybridized carbons (Fsp3) is 0.829. The largest absolute Gasteiger partial charge is 0.456 e. The van der Waals surface area contributed by atoms with Crippen molar-refractivity contribution in [2.75, 3.05) is 6.61 Å². The summed E-state index contributed by atoms with van der Waals surface area (Å²) in [5.41, 5.74) is -2.63. The van der Waals surface area contributed by atoms with Crippen LogP contribution in [0.25, 0.3) is 0 Å². The molecule has 0 aromatic carbocycles. The van der Waals surface area contributed by atoms with Crippen LogP contribution >= 0.6 is 0 Å². The number of hydrogen-bond donors (Lipinski definition) is 0. The van der Waals surface area contributed by atoms with Crippen LogP contribution in [0.15, 0.2) is 28.9 Å². The van der Waals surface area contributed by atoms with Crippen LogP contribution in [0.4, 0.5) is 26.3 Å². The smallest absolute Gasteiger partial charge is 0.449 e. The first-order chi connectivity index (χ1) is 25.0. The zero-order valence-corrected chi connectivity index (χ0v) is 29.8. The van der Waals surface area contributed by atoms with Gasteiger partial charge in [-0.25, -0.2) is 24.2 Å². The van der Waals surface area contributed by atoms with Crippen LogP contribution in [0.3, 0.4) is 0 Å². The minimum Gasteiger partial charge on any atom is -0.456 e. The Kier molecular flexibility index (Phi) is 8.20. The molecule has 294 valence electrons. The Morgan fingerprint density at radius 1 is 0.717 bits per heavy atom. The summed E-state index contributed by atoms with van der Waals surface area (Å²) in [5.74, 6) is -6.68. The number of ether oxygens (including phenoxy) is 5. The Bertz CT molecular complexity index is 1700. The van der Waals surface area contributed by atoms with Crippen molar-refractivity contribution in [1.29, 1.82) is 0 Å². The van der Waals surface area contributed by atoms with E-state index in [1.807, 2.05) is 13.8 Å². The van der Waals surface area contributed by atoms with Gasteiger partial charge in [-0.2, -0.15) is 26.3 Å². The number of halogens is 6. The van der Waals surface area contributed by atoms with E-state index in [0.29, 0.717) is 51.4 Å². The van der Waals surface area contributed by atoms with Crippen LogP contribution in [-0.4, -0.2) is 69.3 Å². The van der Waals surface area contributed by atoms with Crippen molar-refractivity contribution in [3.05, 3.63) is 34.6 Å². The molecule has 18 heteroatoms. The number of allylic oxidation sites excluding steroid dienone is 2. The molecule has 2 spiro atoms. The lowest BCUT2D eigenvalue weighted by Gasteiger charge is -2.57. The minimum absolute atomic E-state index is 0.0971. The van der Waals surface area contributed by atoms with E-state index in [1.165, 1.54) is 10.9 Å². The second kappa shape index (κ2) is 12.0. The Morgan fingerprint density at radius 3 is 1.75 bits per heavy atom. The molecule has 1 aromatic rings. The first-order valence-electron chi connectivity index (χ1n) is 18.5. The first kappa shape index (κ1) is 36.2. The normalized spacial score (nSPS) is 44.9. The maximum absolute atomic E-state index is 14.8. The van der Waals surface area contributed by atoms with Gasteiger partial charge in [0.25, 0.3) is 0 Å². The monoisotopic (exact) mass is 763 g/mol. The van der Waals surface area contributed by atoms with Gasteiger partial charge in [0, 0.05) is 47.7 Å². The average molecular weight is 764 g/mol. The van der Waals surface area contributed by atoms with Gasteiger partial charge in [-0.1, -0.05) is 19.1 Å². The van der Waals surface area contributed by atoms with E-state index >= 15 is 0 Å².